The van der Waals surface area contributed by atoms with E-state index in [-0.39, 0.29) is 0 Å². The molecule has 0 radical (unpaired) electrons. The van der Waals surface area contributed by atoms with Crippen molar-refractivity contribution < 1.29 is 4.74 Å². The van der Waals surface area contributed by atoms with Crippen molar-refractivity contribution in [2.45, 2.75) is 50.8 Å². The van der Waals surface area contributed by atoms with E-state index in [2.05, 4.69) is 17.1 Å². The Morgan fingerprint density at radius 1 is 1.31 bits per heavy atom. The first-order valence-electron chi connectivity index (χ1n) is 6.92. The van der Waals surface area contributed by atoms with E-state index in [0.29, 0.717) is 12.1 Å². The zero-order valence-corrected chi connectivity index (χ0v) is 10.3. The SMILES string of the molecule is CC1CNC(C2CC2)CN1CC1CCCO1. The number of rotatable bonds is 3. The highest BCUT2D eigenvalue weighted by Crippen LogP contribution is 2.34. The average molecular weight is 224 g/mol. The summed E-state index contributed by atoms with van der Waals surface area (Å²) in [5.74, 6) is 0.972. The van der Waals surface area contributed by atoms with Crippen LogP contribution in [0.25, 0.3) is 0 Å². The van der Waals surface area contributed by atoms with Crippen molar-refractivity contribution >= 4 is 0 Å². The maximum atomic E-state index is 5.75. The van der Waals surface area contributed by atoms with Crippen LogP contribution in [0.5, 0.6) is 0 Å². The molecule has 1 saturated carbocycles. The monoisotopic (exact) mass is 224 g/mol. The largest absolute Gasteiger partial charge is 0.377 e. The first-order chi connectivity index (χ1) is 7.83. The van der Waals surface area contributed by atoms with Crippen LogP contribution in [-0.2, 0) is 4.74 Å². The molecule has 0 aromatic carbocycles. The molecule has 3 atom stereocenters. The summed E-state index contributed by atoms with van der Waals surface area (Å²) < 4.78 is 5.75. The van der Waals surface area contributed by atoms with Gasteiger partial charge in [0.2, 0.25) is 0 Å². The summed E-state index contributed by atoms with van der Waals surface area (Å²) in [4.78, 5) is 2.65. The normalized spacial score (nSPS) is 41.4. The van der Waals surface area contributed by atoms with Gasteiger partial charge in [0.05, 0.1) is 6.10 Å². The van der Waals surface area contributed by atoms with Crippen molar-refractivity contribution in [3.05, 3.63) is 0 Å². The topological polar surface area (TPSA) is 24.5 Å². The smallest absolute Gasteiger partial charge is 0.0702 e. The molecule has 0 aromatic heterocycles. The van der Waals surface area contributed by atoms with Crippen LogP contribution in [0.15, 0.2) is 0 Å². The lowest BCUT2D eigenvalue weighted by atomic mass is 10.1. The van der Waals surface area contributed by atoms with Crippen LogP contribution in [0, 0.1) is 5.92 Å². The molecule has 3 fully saturated rings. The molecule has 3 unspecified atom stereocenters. The van der Waals surface area contributed by atoms with Gasteiger partial charge >= 0.3 is 0 Å². The molecule has 1 N–H and O–H groups in total. The molecule has 0 aromatic rings. The fourth-order valence-corrected chi connectivity index (χ4v) is 3.07. The van der Waals surface area contributed by atoms with Crippen LogP contribution < -0.4 is 5.32 Å². The molecular weight excluding hydrogens is 200 g/mol. The van der Waals surface area contributed by atoms with Gasteiger partial charge in [-0.15, -0.1) is 0 Å². The van der Waals surface area contributed by atoms with Crippen molar-refractivity contribution in [3.63, 3.8) is 0 Å². The third-order valence-electron chi connectivity index (χ3n) is 4.38. The zero-order valence-electron chi connectivity index (χ0n) is 10.3. The van der Waals surface area contributed by atoms with Crippen molar-refractivity contribution in [1.29, 1.82) is 0 Å². The van der Waals surface area contributed by atoms with E-state index < -0.39 is 0 Å². The fourth-order valence-electron chi connectivity index (χ4n) is 3.07. The lowest BCUT2D eigenvalue weighted by Gasteiger charge is -2.40. The average Bonchev–Trinajstić information content (AvgIpc) is 3.01. The van der Waals surface area contributed by atoms with Crippen LogP contribution in [0.2, 0.25) is 0 Å². The molecule has 3 heteroatoms. The van der Waals surface area contributed by atoms with Gasteiger partial charge in [-0.25, -0.2) is 0 Å². The highest BCUT2D eigenvalue weighted by molar-refractivity contribution is 4.94. The van der Waals surface area contributed by atoms with E-state index in [9.17, 15) is 0 Å². The lowest BCUT2D eigenvalue weighted by Crippen LogP contribution is -2.57. The predicted molar refractivity (Wildman–Crippen MR) is 64.5 cm³/mol. The summed E-state index contributed by atoms with van der Waals surface area (Å²) in [5.41, 5.74) is 0. The molecule has 0 amide bonds. The van der Waals surface area contributed by atoms with Gasteiger partial charge in [0, 0.05) is 38.3 Å². The molecule has 0 bridgehead atoms. The van der Waals surface area contributed by atoms with Crippen LogP contribution in [-0.4, -0.2) is 49.3 Å². The molecule has 2 heterocycles. The lowest BCUT2D eigenvalue weighted by molar-refractivity contribution is 0.0413. The van der Waals surface area contributed by atoms with E-state index in [4.69, 9.17) is 4.74 Å². The Morgan fingerprint density at radius 2 is 2.19 bits per heavy atom. The van der Waals surface area contributed by atoms with Crippen molar-refractivity contribution in [2.75, 3.05) is 26.2 Å². The minimum Gasteiger partial charge on any atom is -0.377 e. The summed E-state index contributed by atoms with van der Waals surface area (Å²) >= 11 is 0. The van der Waals surface area contributed by atoms with E-state index in [0.717, 1.165) is 31.7 Å². The Kier molecular flexibility index (Phi) is 3.18. The van der Waals surface area contributed by atoms with Crippen molar-refractivity contribution in [3.8, 4) is 0 Å². The summed E-state index contributed by atoms with van der Waals surface area (Å²) in [7, 11) is 0. The van der Waals surface area contributed by atoms with E-state index >= 15 is 0 Å². The fraction of sp³-hybridized carbons (Fsp3) is 1.00. The third-order valence-corrected chi connectivity index (χ3v) is 4.38. The highest BCUT2D eigenvalue weighted by Gasteiger charge is 2.36. The Hall–Kier alpha value is -0.120. The second-order valence-corrected chi connectivity index (χ2v) is 5.79. The quantitative estimate of drug-likeness (QED) is 0.780. The molecule has 2 saturated heterocycles. The Morgan fingerprint density at radius 3 is 2.88 bits per heavy atom. The maximum Gasteiger partial charge on any atom is 0.0702 e. The summed E-state index contributed by atoms with van der Waals surface area (Å²) in [6.45, 7) is 6.88. The molecule has 92 valence electrons. The minimum atomic E-state index is 0.514. The Balaban J connectivity index is 1.53. The molecule has 16 heavy (non-hydrogen) atoms. The van der Waals surface area contributed by atoms with E-state index in [1.165, 1.54) is 32.2 Å². The van der Waals surface area contributed by atoms with Crippen molar-refractivity contribution in [1.82, 2.24) is 10.2 Å². The molecule has 2 aliphatic heterocycles. The van der Waals surface area contributed by atoms with Gasteiger partial charge in [-0.3, -0.25) is 4.90 Å². The van der Waals surface area contributed by atoms with E-state index in [1.54, 1.807) is 0 Å². The van der Waals surface area contributed by atoms with Crippen LogP contribution in [0.4, 0.5) is 0 Å². The Bertz CT molecular complexity index is 234. The van der Waals surface area contributed by atoms with E-state index in [1.807, 2.05) is 0 Å². The third kappa shape index (κ3) is 2.41. The summed E-state index contributed by atoms with van der Waals surface area (Å²) in [6, 6.07) is 1.44. The summed E-state index contributed by atoms with van der Waals surface area (Å²) in [5, 5.41) is 3.70. The van der Waals surface area contributed by atoms with Gasteiger partial charge < -0.3 is 10.1 Å². The zero-order chi connectivity index (χ0) is 11.0. The van der Waals surface area contributed by atoms with Gasteiger partial charge in [0.15, 0.2) is 0 Å². The highest BCUT2D eigenvalue weighted by atomic mass is 16.5. The number of nitrogens with one attached hydrogen (secondary N) is 1. The molecule has 3 aliphatic rings. The first kappa shape index (κ1) is 11.0. The molecular formula is C13H24N2O. The number of nitrogens with zero attached hydrogens (tertiary/aromatic N) is 1. The van der Waals surface area contributed by atoms with Gasteiger partial charge in [-0.05, 0) is 38.5 Å². The molecule has 3 nitrogen and oxygen atoms in total. The second-order valence-electron chi connectivity index (χ2n) is 5.79. The van der Waals surface area contributed by atoms with Crippen LogP contribution >= 0.6 is 0 Å². The number of hydrogen-bond donors (Lipinski definition) is 1. The second kappa shape index (κ2) is 4.63. The first-order valence-corrected chi connectivity index (χ1v) is 6.92. The standard InChI is InChI=1S/C13H24N2O/c1-10-7-14-13(11-4-5-11)9-15(10)8-12-3-2-6-16-12/h10-14H,2-9H2,1H3. The molecule has 3 rings (SSSR count). The number of hydrogen-bond acceptors (Lipinski definition) is 3. The molecule has 1 aliphatic carbocycles. The Labute approximate surface area is 98.5 Å². The van der Waals surface area contributed by atoms with Crippen LogP contribution in [0.3, 0.4) is 0 Å². The van der Waals surface area contributed by atoms with Crippen LogP contribution in [0.1, 0.15) is 32.6 Å². The number of piperazine rings is 1. The summed E-state index contributed by atoms with van der Waals surface area (Å²) in [6.07, 6.45) is 5.93. The molecule has 0 spiro atoms. The minimum absolute atomic E-state index is 0.514. The van der Waals surface area contributed by atoms with Crippen molar-refractivity contribution in [2.24, 2.45) is 5.92 Å². The predicted octanol–water partition coefficient (Wildman–Crippen LogP) is 1.24. The number of ether oxygens (including phenoxy) is 1. The van der Waals surface area contributed by atoms with Gasteiger partial charge in [-0.1, -0.05) is 0 Å². The maximum absolute atomic E-state index is 5.75. The van der Waals surface area contributed by atoms with Gasteiger partial charge in [0.25, 0.3) is 0 Å². The van der Waals surface area contributed by atoms with Gasteiger partial charge in [0.1, 0.15) is 0 Å². The van der Waals surface area contributed by atoms with Gasteiger partial charge in [-0.2, -0.15) is 0 Å².